The van der Waals surface area contributed by atoms with Crippen LogP contribution in [0.4, 0.5) is 5.69 Å². The molecule has 39 heavy (non-hydrogen) atoms. The summed E-state index contributed by atoms with van der Waals surface area (Å²) in [6.45, 7) is 1.84. The molecular weight excluding hydrogens is 508 g/mol. The number of phenols is 1. The van der Waals surface area contributed by atoms with Crippen molar-refractivity contribution in [3.63, 3.8) is 0 Å². The molecule has 0 radical (unpaired) electrons. The van der Waals surface area contributed by atoms with E-state index in [-0.39, 0.29) is 48.2 Å². The van der Waals surface area contributed by atoms with E-state index in [1.54, 1.807) is 14.0 Å². The van der Waals surface area contributed by atoms with Crippen molar-refractivity contribution in [1.29, 1.82) is 0 Å². The number of para-hydroxylation sites is 1. The molecule has 2 N–H and O–H groups in total. The van der Waals surface area contributed by atoms with Crippen molar-refractivity contribution in [3.05, 3.63) is 80.2 Å². The molecule has 0 fully saturated rings. The maximum absolute atomic E-state index is 13.8. The van der Waals surface area contributed by atoms with Crippen molar-refractivity contribution in [2.45, 2.75) is 31.6 Å². The van der Waals surface area contributed by atoms with Crippen LogP contribution in [0, 0.1) is 10.1 Å². The summed E-state index contributed by atoms with van der Waals surface area (Å²) < 4.78 is 21.1. The molecule has 1 aliphatic carbocycles. The predicted octanol–water partition coefficient (Wildman–Crippen LogP) is 3.87. The molecule has 0 saturated carbocycles. The Hall–Kier alpha value is -4.38. The highest BCUT2D eigenvalue weighted by Crippen LogP contribution is 2.49. The number of nitrogens with one attached hydrogen (secondary N) is 1. The molecule has 11 nitrogen and oxygen atoms in total. The van der Waals surface area contributed by atoms with Crippen molar-refractivity contribution in [3.8, 4) is 17.2 Å². The Kier molecular flexibility index (Phi) is 8.20. The highest BCUT2D eigenvalue weighted by atomic mass is 16.6. The summed E-state index contributed by atoms with van der Waals surface area (Å²) >= 11 is 0. The van der Waals surface area contributed by atoms with Crippen LogP contribution >= 0.6 is 0 Å². The average molecular weight is 539 g/mol. The van der Waals surface area contributed by atoms with Gasteiger partial charge in [-0.05, 0) is 36.6 Å². The number of ketones is 1. The lowest BCUT2D eigenvalue weighted by Crippen LogP contribution is -2.36. The number of hydrogen-bond acceptors (Lipinski definition) is 10. The number of carbonyl (C=O) groups is 2. The van der Waals surface area contributed by atoms with Gasteiger partial charge in [0.25, 0.3) is 0 Å². The second kappa shape index (κ2) is 11.6. The molecule has 2 aromatic rings. The van der Waals surface area contributed by atoms with E-state index >= 15 is 0 Å². The summed E-state index contributed by atoms with van der Waals surface area (Å²) in [6.07, 6.45) is 0.582. The number of methoxy groups -OCH3 is 3. The van der Waals surface area contributed by atoms with E-state index in [4.69, 9.17) is 18.9 Å². The topological polar surface area (TPSA) is 146 Å². The summed E-state index contributed by atoms with van der Waals surface area (Å²) in [6, 6.07) is 10.0. The lowest BCUT2D eigenvalue weighted by Gasteiger charge is -2.37. The monoisotopic (exact) mass is 538 g/mol. The fraction of sp³-hybridized carbons (Fsp3) is 0.357. The second-order valence-electron chi connectivity index (χ2n) is 9.24. The fourth-order valence-electron chi connectivity index (χ4n) is 5.24. The van der Waals surface area contributed by atoms with Crippen molar-refractivity contribution in [2.75, 3.05) is 34.5 Å². The minimum Gasteiger partial charge on any atom is -0.500 e. The number of aromatic hydroxyl groups is 1. The number of benzene rings is 2. The number of phenolic OH excluding ortho intramolecular Hbond substituents is 1. The zero-order valence-corrected chi connectivity index (χ0v) is 22.1. The fourth-order valence-corrected chi connectivity index (χ4v) is 5.24. The summed E-state index contributed by atoms with van der Waals surface area (Å²) in [5, 5.41) is 25.4. The number of Topliss-reactive ketones (excluding diaryl/α,β-unsaturated/α-hetero) is 1. The molecule has 4 rings (SSSR count). The molecule has 206 valence electrons. The molecule has 1 aliphatic heterocycles. The van der Waals surface area contributed by atoms with E-state index in [1.807, 2.05) is 24.3 Å². The minimum atomic E-state index is -0.990. The SMILES string of the molecule is COCCOC(=O)C1=C(C)NC2=C(C(=O)C[C@@H](c3ccccc3OC)C2)[C@@H]1c1cc(OC)c(O)c([N+](=O)[O-])c1. The molecule has 0 unspecified atom stereocenters. The van der Waals surface area contributed by atoms with Crippen LogP contribution in [0.15, 0.2) is 58.9 Å². The Bertz CT molecular complexity index is 1380. The third kappa shape index (κ3) is 5.30. The minimum absolute atomic E-state index is 0.0202. The zero-order valence-electron chi connectivity index (χ0n) is 22.1. The maximum Gasteiger partial charge on any atom is 0.336 e. The molecule has 0 spiro atoms. The van der Waals surface area contributed by atoms with E-state index < -0.39 is 28.2 Å². The van der Waals surface area contributed by atoms with Crippen molar-refractivity contribution in [1.82, 2.24) is 5.32 Å². The highest BCUT2D eigenvalue weighted by Gasteiger charge is 2.43. The van der Waals surface area contributed by atoms with Crippen LogP contribution in [0.5, 0.6) is 17.2 Å². The van der Waals surface area contributed by atoms with E-state index in [0.717, 1.165) is 11.6 Å². The van der Waals surface area contributed by atoms with Gasteiger partial charge >= 0.3 is 11.7 Å². The first-order valence-electron chi connectivity index (χ1n) is 12.3. The molecule has 0 saturated heterocycles. The predicted molar refractivity (Wildman–Crippen MR) is 140 cm³/mol. The number of nitro groups is 1. The molecule has 2 aromatic carbocycles. The normalized spacial score (nSPS) is 18.8. The molecule has 2 aliphatic rings. The van der Waals surface area contributed by atoms with Gasteiger partial charge in [-0.2, -0.15) is 0 Å². The van der Waals surface area contributed by atoms with Gasteiger partial charge in [-0.3, -0.25) is 14.9 Å². The summed E-state index contributed by atoms with van der Waals surface area (Å²) in [4.78, 5) is 38.2. The number of nitro benzene ring substituents is 1. The van der Waals surface area contributed by atoms with E-state index in [2.05, 4.69) is 5.32 Å². The first kappa shape index (κ1) is 27.6. The number of dihydropyridines is 1. The molecular formula is C28H30N2O9. The van der Waals surface area contributed by atoms with Crippen LogP contribution in [0.2, 0.25) is 0 Å². The molecule has 0 aromatic heterocycles. The lowest BCUT2D eigenvalue weighted by molar-refractivity contribution is -0.386. The van der Waals surface area contributed by atoms with Gasteiger partial charge in [0.2, 0.25) is 5.75 Å². The Morgan fingerprint density at radius 2 is 1.82 bits per heavy atom. The first-order valence-corrected chi connectivity index (χ1v) is 12.3. The number of allylic oxidation sites excluding steroid dienone is 3. The van der Waals surface area contributed by atoms with Gasteiger partial charge in [0.1, 0.15) is 12.4 Å². The van der Waals surface area contributed by atoms with Gasteiger partial charge in [0.05, 0.1) is 31.3 Å². The summed E-state index contributed by atoms with van der Waals surface area (Å²) in [5.74, 6) is -2.23. The third-order valence-corrected chi connectivity index (χ3v) is 6.97. The van der Waals surface area contributed by atoms with Crippen LogP contribution in [0.25, 0.3) is 0 Å². The van der Waals surface area contributed by atoms with Crippen LogP contribution in [0.3, 0.4) is 0 Å². The summed E-state index contributed by atoms with van der Waals surface area (Å²) in [7, 11) is 4.31. The van der Waals surface area contributed by atoms with Crippen LogP contribution in [0.1, 0.15) is 42.7 Å². The van der Waals surface area contributed by atoms with Gasteiger partial charge in [-0.1, -0.05) is 18.2 Å². The quantitative estimate of drug-likeness (QED) is 0.209. The second-order valence-corrected chi connectivity index (χ2v) is 9.24. The van der Waals surface area contributed by atoms with Crippen molar-refractivity contribution < 1.29 is 38.6 Å². The molecule has 0 amide bonds. The third-order valence-electron chi connectivity index (χ3n) is 6.97. The molecule has 2 atom stereocenters. The van der Waals surface area contributed by atoms with Crippen LogP contribution in [-0.4, -0.2) is 56.3 Å². The van der Waals surface area contributed by atoms with Crippen molar-refractivity contribution in [2.24, 2.45) is 0 Å². The van der Waals surface area contributed by atoms with Gasteiger partial charge < -0.3 is 29.4 Å². The number of ether oxygens (including phenoxy) is 4. The van der Waals surface area contributed by atoms with E-state index in [1.165, 1.54) is 20.3 Å². The lowest BCUT2D eigenvalue weighted by atomic mass is 9.71. The van der Waals surface area contributed by atoms with Crippen LogP contribution < -0.4 is 14.8 Å². The largest absolute Gasteiger partial charge is 0.500 e. The number of esters is 1. The van der Waals surface area contributed by atoms with Gasteiger partial charge in [-0.25, -0.2) is 4.79 Å². The molecule has 1 heterocycles. The Morgan fingerprint density at radius 3 is 2.49 bits per heavy atom. The van der Waals surface area contributed by atoms with E-state index in [0.29, 0.717) is 29.1 Å². The smallest absolute Gasteiger partial charge is 0.336 e. The Morgan fingerprint density at radius 1 is 1.10 bits per heavy atom. The molecule has 11 heteroatoms. The Labute approximate surface area is 225 Å². The maximum atomic E-state index is 13.8. The first-order chi connectivity index (χ1) is 18.7. The Balaban J connectivity index is 1.87. The number of hydrogen-bond donors (Lipinski definition) is 2. The average Bonchev–Trinajstić information content (AvgIpc) is 2.92. The van der Waals surface area contributed by atoms with Crippen LogP contribution in [-0.2, 0) is 19.1 Å². The number of rotatable bonds is 9. The highest BCUT2D eigenvalue weighted by molar-refractivity contribution is 6.04. The summed E-state index contributed by atoms with van der Waals surface area (Å²) in [5.41, 5.74) is 2.02. The zero-order chi connectivity index (χ0) is 28.3. The number of carbonyl (C=O) groups excluding carboxylic acids is 2. The standard InChI is InChI=1S/C28H30N2O9/c1-15-24(28(33)39-10-9-36-2)25(17-12-20(30(34)35)27(32)23(14-17)38-4)26-19(29-15)11-16(13-21(26)31)18-7-5-6-8-22(18)37-3/h5-8,12,14,16,25,29,32H,9-11,13H2,1-4H3/t16-,25+/m0/s1. The number of nitrogens with zero attached hydrogens (tertiary/aromatic N) is 1. The van der Waals surface area contributed by atoms with Crippen molar-refractivity contribution >= 4 is 17.4 Å². The van der Waals surface area contributed by atoms with E-state index in [9.17, 15) is 24.8 Å². The van der Waals surface area contributed by atoms with Gasteiger partial charge in [0, 0.05) is 48.4 Å². The van der Waals surface area contributed by atoms with Gasteiger partial charge in [0.15, 0.2) is 11.5 Å². The van der Waals surface area contributed by atoms with Gasteiger partial charge in [-0.15, -0.1) is 0 Å². The molecule has 0 bridgehead atoms.